The first-order valence-corrected chi connectivity index (χ1v) is 8.61. The predicted octanol–water partition coefficient (Wildman–Crippen LogP) is 4.47. The number of carbonyl (C=O) groups excluding carboxylic acids is 1. The fourth-order valence-electron chi connectivity index (χ4n) is 2.60. The topological polar surface area (TPSA) is 46.9 Å². The Kier molecular flexibility index (Phi) is 4.55. The summed E-state index contributed by atoms with van der Waals surface area (Å²) in [5, 5.41) is 7.26. The van der Waals surface area contributed by atoms with E-state index in [4.69, 9.17) is 0 Å². The third-order valence-electron chi connectivity index (χ3n) is 3.59. The van der Waals surface area contributed by atoms with E-state index >= 15 is 0 Å². The van der Waals surface area contributed by atoms with Crippen molar-refractivity contribution in [1.29, 1.82) is 0 Å². The highest BCUT2D eigenvalue weighted by Gasteiger charge is 2.20. The van der Waals surface area contributed by atoms with Crippen LogP contribution in [0.4, 0.5) is 5.82 Å². The van der Waals surface area contributed by atoms with Gasteiger partial charge in [0.05, 0.1) is 16.0 Å². The molecule has 1 aliphatic rings. The largest absolute Gasteiger partial charge is 0.307 e. The molecule has 0 unspecified atom stereocenters. The SMILES string of the molecule is O=C(C=Cc1ccc(Br)s1)Nc1ccnn1C1CCCC1. The molecule has 1 aliphatic carbocycles. The van der Waals surface area contributed by atoms with E-state index < -0.39 is 0 Å². The van der Waals surface area contributed by atoms with E-state index in [1.807, 2.05) is 29.0 Å². The van der Waals surface area contributed by atoms with Crippen molar-refractivity contribution in [2.75, 3.05) is 5.32 Å². The molecule has 3 rings (SSSR count). The van der Waals surface area contributed by atoms with Crippen LogP contribution in [0.5, 0.6) is 0 Å². The zero-order chi connectivity index (χ0) is 14.7. The molecule has 0 bridgehead atoms. The molecule has 0 aliphatic heterocycles. The van der Waals surface area contributed by atoms with Gasteiger partial charge < -0.3 is 5.32 Å². The lowest BCUT2D eigenvalue weighted by atomic mass is 10.2. The first kappa shape index (κ1) is 14.5. The number of carbonyl (C=O) groups is 1. The number of thiophene rings is 1. The highest BCUT2D eigenvalue weighted by molar-refractivity contribution is 9.11. The van der Waals surface area contributed by atoms with Crippen molar-refractivity contribution in [3.05, 3.63) is 39.1 Å². The van der Waals surface area contributed by atoms with Crippen LogP contribution >= 0.6 is 27.3 Å². The van der Waals surface area contributed by atoms with E-state index in [0.29, 0.717) is 6.04 Å². The fourth-order valence-corrected chi connectivity index (χ4v) is 3.92. The van der Waals surface area contributed by atoms with Gasteiger partial charge in [0, 0.05) is 17.0 Å². The zero-order valence-electron chi connectivity index (χ0n) is 11.5. The summed E-state index contributed by atoms with van der Waals surface area (Å²) in [6.07, 6.45) is 9.89. The summed E-state index contributed by atoms with van der Waals surface area (Å²) < 4.78 is 3.00. The summed E-state index contributed by atoms with van der Waals surface area (Å²) in [6, 6.07) is 6.22. The standard InChI is InChI=1S/C15H16BrN3OS/c16-13-7-5-12(21-13)6-8-15(20)18-14-9-10-17-19(14)11-3-1-2-4-11/h5-11H,1-4H2,(H,18,20). The molecule has 4 nitrogen and oxygen atoms in total. The van der Waals surface area contributed by atoms with Crippen LogP contribution in [0, 0.1) is 0 Å². The number of hydrogen-bond donors (Lipinski definition) is 1. The Labute approximate surface area is 136 Å². The molecule has 2 aromatic rings. The lowest BCUT2D eigenvalue weighted by Gasteiger charge is -2.13. The van der Waals surface area contributed by atoms with Crippen LogP contribution in [0.15, 0.2) is 34.3 Å². The van der Waals surface area contributed by atoms with Gasteiger partial charge in [-0.25, -0.2) is 4.68 Å². The maximum Gasteiger partial charge on any atom is 0.249 e. The molecule has 0 saturated heterocycles. The van der Waals surface area contributed by atoms with Crippen molar-refractivity contribution in [1.82, 2.24) is 9.78 Å². The van der Waals surface area contributed by atoms with Gasteiger partial charge in [-0.05, 0) is 47.0 Å². The van der Waals surface area contributed by atoms with E-state index in [9.17, 15) is 4.79 Å². The second kappa shape index (κ2) is 6.58. The van der Waals surface area contributed by atoms with Crippen molar-refractivity contribution in [2.24, 2.45) is 0 Å². The van der Waals surface area contributed by atoms with Gasteiger partial charge in [-0.2, -0.15) is 5.10 Å². The molecule has 0 spiro atoms. The summed E-state index contributed by atoms with van der Waals surface area (Å²) in [5.74, 6) is 0.656. The van der Waals surface area contributed by atoms with Gasteiger partial charge in [-0.15, -0.1) is 11.3 Å². The molecular formula is C15H16BrN3OS. The third kappa shape index (κ3) is 3.63. The van der Waals surface area contributed by atoms with E-state index in [1.54, 1.807) is 23.6 Å². The number of aromatic nitrogens is 2. The molecule has 0 atom stereocenters. The summed E-state index contributed by atoms with van der Waals surface area (Å²) in [7, 11) is 0. The van der Waals surface area contributed by atoms with Gasteiger partial charge in [0.1, 0.15) is 5.82 Å². The van der Waals surface area contributed by atoms with E-state index in [-0.39, 0.29) is 5.91 Å². The minimum atomic E-state index is -0.126. The average Bonchev–Trinajstić information content (AvgIpc) is 3.16. The number of hydrogen-bond acceptors (Lipinski definition) is 3. The fraction of sp³-hybridized carbons (Fsp3) is 0.333. The molecule has 1 fully saturated rings. The smallest absolute Gasteiger partial charge is 0.249 e. The van der Waals surface area contributed by atoms with Crippen molar-refractivity contribution in [3.63, 3.8) is 0 Å². The maximum absolute atomic E-state index is 12.0. The summed E-state index contributed by atoms with van der Waals surface area (Å²) in [6.45, 7) is 0. The van der Waals surface area contributed by atoms with E-state index in [2.05, 4.69) is 26.3 Å². The van der Waals surface area contributed by atoms with Crippen molar-refractivity contribution in [3.8, 4) is 0 Å². The van der Waals surface area contributed by atoms with Crippen molar-refractivity contribution >= 4 is 45.1 Å². The van der Waals surface area contributed by atoms with E-state index in [0.717, 1.165) is 27.3 Å². The molecule has 2 aromatic heterocycles. The Balaban J connectivity index is 1.65. The molecule has 110 valence electrons. The highest BCUT2D eigenvalue weighted by atomic mass is 79.9. The van der Waals surface area contributed by atoms with Crippen LogP contribution in [0.25, 0.3) is 6.08 Å². The maximum atomic E-state index is 12.0. The predicted molar refractivity (Wildman–Crippen MR) is 89.4 cm³/mol. The molecule has 21 heavy (non-hydrogen) atoms. The van der Waals surface area contributed by atoms with Crippen molar-refractivity contribution < 1.29 is 4.79 Å². The van der Waals surface area contributed by atoms with Gasteiger partial charge in [0.2, 0.25) is 5.91 Å². The minimum absolute atomic E-state index is 0.126. The zero-order valence-corrected chi connectivity index (χ0v) is 13.9. The molecule has 1 amide bonds. The van der Waals surface area contributed by atoms with Crippen LogP contribution in [-0.2, 0) is 4.79 Å². The lowest BCUT2D eigenvalue weighted by molar-refractivity contribution is -0.111. The number of anilines is 1. The monoisotopic (exact) mass is 365 g/mol. The quantitative estimate of drug-likeness (QED) is 0.812. The Morgan fingerprint density at radius 2 is 2.19 bits per heavy atom. The summed E-state index contributed by atoms with van der Waals surface area (Å²) in [5.41, 5.74) is 0. The van der Waals surface area contributed by atoms with Crippen LogP contribution in [0.2, 0.25) is 0 Å². The Morgan fingerprint density at radius 1 is 1.38 bits per heavy atom. The average molecular weight is 366 g/mol. The number of amides is 1. The molecule has 1 saturated carbocycles. The normalized spacial score (nSPS) is 15.9. The second-order valence-electron chi connectivity index (χ2n) is 5.06. The van der Waals surface area contributed by atoms with Gasteiger partial charge >= 0.3 is 0 Å². The molecular weight excluding hydrogens is 350 g/mol. The Bertz CT molecular complexity index is 655. The Morgan fingerprint density at radius 3 is 2.90 bits per heavy atom. The molecule has 0 radical (unpaired) electrons. The number of halogens is 1. The second-order valence-corrected chi connectivity index (χ2v) is 7.56. The first-order chi connectivity index (χ1) is 10.2. The van der Waals surface area contributed by atoms with Crippen molar-refractivity contribution in [2.45, 2.75) is 31.7 Å². The van der Waals surface area contributed by atoms with Gasteiger partial charge in [0.25, 0.3) is 0 Å². The van der Waals surface area contributed by atoms with E-state index in [1.165, 1.54) is 12.8 Å². The van der Waals surface area contributed by atoms with Crippen LogP contribution in [0.1, 0.15) is 36.6 Å². The first-order valence-electron chi connectivity index (χ1n) is 7.00. The van der Waals surface area contributed by atoms with Gasteiger partial charge in [-0.1, -0.05) is 12.8 Å². The number of rotatable bonds is 4. The molecule has 1 N–H and O–H groups in total. The molecule has 0 aromatic carbocycles. The third-order valence-corrected chi connectivity index (χ3v) is 5.17. The lowest BCUT2D eigenvalue weighted by Crippen LogP contribution is -2.15. The molecule has 2 heterocycles. The minimum Gasteiger partial charge on any atom is -0.307 e. The summed E-state index contributed by atoms with van der Waals surface area (Å²) in [4.78, 5) is 13.1. The van der Waals surface area contributed by atoms with Gasteiger partial charge in [-0.3, -0.25) is 4.79 Å². The Hall–Kier alpha value is -1.40. The van der Waals surface area contributed by atoms with Crippen LogP contribution in [-0.4, -0.2) is 15.7 Å². The van der Waals surface area contributed by atoms with Crippen LogP contribution < -0.4 is 5.32 Å². The van der Waals surface area contributed by atoms with Gasteiger partial charge in [0.15, 0.2) is 0 Å². The van der Waals surface area contributed by atoms with Crippen LogP contribution in [0.3, 0.4) is 0 Å². The number of nitrogens with one attached hydrogen (secondary N) is 1. The number of nitrogens with zero attached hydrogens (tertiary/aromatic N) is 2. The molecule has 6 heteroatoms. The highest BCUT2D eigenvalue weighted by Crippen LogP contribution is 2.31. The summed E-state index contributed by atoms with van der Waals surface area (Å²) >= 11 is 5.00.